The van der Waals surface area contributed by atoms with E-state index in [0.717, 1.165) is 48.3 Å². The number of rotatable bonds is 2. The Morgan fingerprint density at radius 3 is 2.40 bits per heavy atom. The van der Waals surface area contributed by atoms with Crippen molar-refractivity contribution in [2.75, 3.05) is 0 Å². The lowest BCUT2D eigenvalue weighted by molar-refractivity contribution is -0.112. The number of hydrogen-bond donors (Lipinski definition) is 2. The molecule has 25 heavy (non-hydrogen) atoms. The lowest BCUT2D eigenvalue weighted by atomic mass is 9.48. The summed E-state index contributed by atoms with van der Waals surface area (Å²) in [6, 6.07) is 0. The number of aliphatic hydroxyl groups is 2. The summed E-state index contributed by atoms with van der Waals surface area (Å²) in [5, 5.41) is 21.0. The number of aliphatic hydroxyl groups excluding tert-OH is 1. The zero-order valence-corrected chi connectivity index (χ0v) is 16.9. The summed E-state index contributed by atoms with van der Waals surface area (Å²) in [5.74, 6) is 5.58. The molecular weight excluding hydrogens is 308 g/mol. The average Bonchev–Trinajstić information content (AvgIpc) is 2.86. The first kappa shape index (κ1) is 18.3. The molecule has 0 aliphatic heterocycles. The minimum Gasteiger partial charge on any atom is -0.393 e. The predicted octanol–water partition coefficient (Wildman–Crippen LogP) is 5.02. The molecule has 0 aromatic rings. The van der Waals surface area contributed by atoms with E-state index in [9.17, 15) is 10.2 Å². The van der Waals surface area contributed by atoms with Crippen LogP contribution < -0.4 is 0 Å². The molecule has 2 N–H and O–H groups in total. The Bertz CT molecular complexity index is 498. The summed E-state index contributed by atoms with van der Waals surface area (Å²) in [5.41, 5.74) is -0.0447. The minimum absolute atomic E-state index is 0.151. The Hall–Kier alpha value is -0.0800. The zero-order valence-electron chi connectivity index (χ0n) is 16.9. The largest absolute Gasteiger partial charge is 0.393 e. The fourth-order valence-corrected chi connectivity index (χ4v) is 8.59. The smallest absolute Gasteiger partial charge is 0.0622 e. The lowest BCUT2D eigenvalue weighted by Gasteiger charge is -2.58. The van der Waals surface area contributed by atoms with Gasteiger partial charge in [-0.05, 0) is 112 Å². The van der Waals surface area contributed by atoms with Crippen LogP contribution in [0.4, 0.5) is 0 Å². The first-order valence-corrected chi connectivity index (χ1v) is 11.2. The number of fused-ring (bicyclic) bond motifs is 5. The van der Waals surface area contributed by atoms with Crippen molar-refractivity contribution in [2.24, 2.45) is 46.8 Å². The molecule has 0 bridgehead atoms. The third kappa shape index (κ3) is 2.81. The lowest BCUT2D eigenvalue weighted by Crippen LogP contribution is -2.52. The van der Waals surface area contributed by atoms with Crippen LogP contribution in [0.1, 0.15) is 85.5 Å². The van der Waals surface area contributed by atoms with Crippen LogP contribution in [0.25, 0.3) is 0 Å². The van der Waals surface area contributed by atoms with E-state index in [1.807, 2.05) is 6.92 Å². The van der Waals surface area contributed by atoms with Gasteiger partial charge in [-0.25, -0.2) is 0 Å². The Labute approximate surface area is 154 Å². The van der Waals surface area contributed by atoms with E-state index in [0.29, 0.717) is 11.3 Å². The fourth-order valence-electron chi connectivity index (χ4n) is 8.59. The van der Waals surface area contributed by atoms with Gasteiger partial charge in [0.05, 0.1) is 11.7 Å². The average molecular weight is 349 g/mol. The third-order valence-electron chi connectivity index (χ3n) is 9.55. The van der Waals surface area contributed by atoms with E-state index in [2.05, 4.69) is 20.8 Å². The Morgan fingerprint density at radius 2 is 1.72 bits per heavy atom. The highest BCUT2D eigenvalue weighted by Crippen LogP contribution is 2.67. The summed E-state index contributed by atoms with van der Waals surface area (Å²) in [6.07, 6.45) is 11.1. The van der Waals surface area contributed by atoms with Gasteiger partial charge in [0.15, 0.2) is 0 Å². The maximum atomic E-state index is 10.5. The van der Waals surface area contributed by atoms with Crippen molar-refractivity contribution in [1.29, 1.82) is 0 Å². The van der Waals surface area contributed by atoms with E-state index in [1.54, 1.807) is 0 Å². The van der Waals surface area contributed by atoms with E-state index >= 15 is 0 Å². The first-order chi connectivity index (χ1) is 11.8. The topological polar surface area (TPSA) is 40.5 Å². The molecule has 4 rings (SSSR count). The van der Waals surface area contributed by atoms with E-state index in [4.69, 9.17) is 0 Å². The van der Waals surface area contributed by atoms with Gasteiger partial charge in [0.1, 0.15) is 0 Å². The van der Waals surface area contributed by atoms with Gasteiger partial charge in [-0.2, -0.15) is 0 Å². The van der Waals surface area contributed by atoms with Crippen LogP contribution in [-0.2, 0) is 0 Å². The summed E-state index contributed by atoms with van der Waals surface area (Å²) in [7, 11) is 0. The molecular formula is C23H40O2. The second-order valence-electron chi connectivity index (χ2n) is 10.9. The van der Waals surface area contributed by atoms with Crippen LogP contribution >= 0.6 is 0 Å². The fraction of sp³-hybridized carbons (Fsp3) is 1.00. The highest BCUT2D eigenvalue weighted by molar-refractivity contribution is 5.09. The van der Waals surface area contributed by atoms with Crippen molar-refractivity contribution in [2.45, 2.75) is 97.2 Å². The first-order valence-electron chi connectivity index (χ1n) is 11.2. The Morgan fingerprint density at radius 1 is 1.00 bits per heavy atom. The van der Waals surface area contributed by atoms with Crippen LogP contribution in [0, 0.1) is 46.8 Å². The second-order valence-corrected chi connectivity index (χ2v) is 10.9. The highest BCUT2D eigenvalue weighted by Gasteiger charge is 2.60. The van der Waals surface area contributed by atoms with Gasteiger partial charge in [0.25, 0.3) is 0 Å². The molecule has 144 valence electrons. The molecule has 4 fully saturated rings. The van der Waals surface area contributed by atoms with E-state index in [-0.39, 0.29) is 6.10 Å². The van der Waals surface area contributed by atoms with Crippen LogP contribution in [0.5, 0.6) is 0 Å². The Kier molecular flexibility index (Phi) is 4.56. The van der Waals surface area contributed by atoms with Gasteiger partial charge in [0.2, 0.25) is 0 Å². The zero-order chi connectivity index (χ0) is 18.0. The van der Waals surface area contributed by atoms with Crippen LogP contribution in [-0.4, -0.2) is 21.9 Å². The SMILES string of the molecule is CC[C@@H]1CC(C(C)O)[C@@]2(C)CC[C@H]3[C@@H](CC[C@@H]4C[C@](C)(O)CC[C@@H]43)[C@H]12. The molecule has 0 aromatic carbocycles. The van der Waals surface area contributed by atoms with Crippen molar-refractivity contribution >= 4 is 0 Å². The Balaban J connectivity index is 1.60. The third-order valence-corrected chi connectivity index (χ3v) is 9.55. The van der Waals surface area contributed by atoms with Crippen molar-refractivity contribution in [3.63, 3.8) is 0 Å². The molecule has 4 aliphatic rings. The van der Waals surface area contributed by atoms with Crippen LogP contribution in [0.2, 0.25) is 0 Å². The van der Waals surface area contributed by atoms with Crippen molar-refractivity contribution in [3.05, 3.63) is 0 Å². The van der Waals surface area contributed by atoms with Crippen molar-refractivity contribution < 1.29 is 10.2 Å². The van der Waals surface area contributed by atoms with Gasteiger partial charge < -0.3 is 10.2 Å². The molecule has 0 radical (unpaired) electrons. The molecule has 0 heterocycles. The van der Waals surface area contributed by atoms with Crippen LogP contribution in [0.15, 0.2) is 0 Å². The minimum atomic E-state index is -0.409. The van der Waals surface area contributed by atoms with Gasteiger partial charge in [-0.1, -0.05) is 20.3 Å². The molecule has 4 saturated carbocycles. The maximum Gasteiger partial charge on any atom is 0.0622 e. The molecule has 0 spiro atoms. The summed E-state index contributed by atoms with van der Waals surface area (Å²) < 4.78 is 0. The van der Waals surface area contributed by atoms with Crippen molar-refractivity contribution in [3.8, 4) is 0 Å². The normalized spacial score (nSPS) is 56.6. The van der Waals surface area contributed by atoms with Gasteiger partial charge in [0, 0.05) is 0 Å². The van der Waals surface area contributed by atoms with Crippen molar-refractivity contribution in [1.82, 2.24) is 0 Å². The van der Waals surface area contributed by atoms with Gasteiger partial charge in [-0.3, -0.25) is 0 Å². The molecule has 10 atom stereocenters. The molecule has 2 unspecified atom stereocenters. The summed E-state index contributed by atoms with van der Waals surface area (Å²) >= 11 is 0. The summed E-state index contributed by atoms with van der Waals surface area (Å²) in [4.78, 5) is 0. The summed E-state index contributed by atoms with van der Waals surface area (Å²) in [6.45, 7) is 9.00. The number of hydrogen-bond acceptors (Lipinski definition) is 2. The van der Waals surface area contributed by atoms with Crippen LogP contribution in [0.3, 0.4) is 0 Å². The molecule has 0 amide bonds. The van der Waals surface area contributed by atoms with Gasteiger partial charge >= 0.3 is 0 Å². The predicted molar refractivity (Wildman–Crippen MR) is 102 cm³/mol. The van der Waals surface area contributed by atoms with E-state index in [1.165, 1.54) is 44.9 Å². The second kappa shape index (κ2) is 6.23. The maximum absolute atomic E-state index is 10.5. The molecule has 4 aliphatic carbocycles. The molecule has 0 saturated heterocycles. The quantitative estimate of drug-likeness (QED) is 0.735. The molecule has 2 nitrogen and oxygen atoms in total. The van der Waals surface area contributed by atoms with Gasteiger partial charge in [-0.15, -0.1) is 0 Å². The standard InChI is InChI=1S/C23H40O2/c1-5-15-12-20(14(2)24)23(4)11-9-18-17-8-10-22(3,25)13-16(17)6-7-19(18)21(15)23/h14-21,24-25H,5-13H2,1-4H3/t14?,15-,16-,17+,18-,19-,20?,21+,22-,23-/m1/s1. The monoisotopic (exact) mass is 348 g/mol. The molecule has 0 aromatic heterocycles. The molecule has 2 heteroatoms. The van der Waals surface area contributed by atoms with E-state index < -0.39 is 5.60 Å². The highest BCUT2D eigenvalue weighted by atomic mass is 16.3.